The van der Waals surface area contributed by atoms with Crippen LogP contribution in [0, 0.1) is 0 Å². The van der Waals surface area contributed by atoms with E-state index in [9.17, 15) is 0 Å². The van der Waals surface area contributed by atoms with E-state index in [1.54, 1.807) is 0 Å². The van der Waals surface area contributed by atoms with E-state index in [4.69, 9.17) is 4.74 Å². The normalized spacial score (nSPS) is 19.3. The lowest BCUT2D eigenvalue weighted by Gasteiger charge is -2.26. The molecule has 1 fully saturated rings. The van der Waals surface area contributed by atoms with E-state index in [1.807, 2.05) is 6.07 Å². The number of anilines is 1. The highest BCUT2D eigenvalue weighted by Crippen LogP contribution is 2.30. The van der Waals surface area contributed by atoms with Crippen LogP contribution < -0.4 is 15.0 Å². The van der Waals surface area contributed by atoms with Crippen molar-refractivity contribution in [3.63, 3.8) is 0 Å². The van der Waals surface area contributed by atoms with Crippen molar-refractivity contribution in [2.24, 2.45) is 0 Å². The zero-order valence-electron chi connectivity index (χ0n) is 12.6. The van der Waals surface area contributed by atoms with Crippen molar-refractivity contribution in [2.75, 3.05) is 24.5 Å². The molecule has 1 N–H and O–H groups in total. The molecular formula is C16H26N2O. The molecule has 0 unspecified atom stereocenters. The molecule has 3 nitrogen and oxygen atoms in total. The second-order valence-corrected chi connectivity index (χ2v) is 6.18. The fraction of sp³-hybridized carbons (Fsp3) is 0.625. The van der Waals surface area contributed by atoms with Gasteiger partial charge in [-0.3, -0.25) is 0 Å². The molecule has 0 aromatic heterocycles. The monoisotopic (exact) mass is 262 g/mol. The molecule has 19 heavy (non-hydrogen) atoms. The topological polar surface area (TPSA) is 24.5 Å². The number of para-hydroxylation sites is 2. The lowest BCUT2D eigenvalue weighted by atomic mass is 10.0. The molecule has 1 heterocycles. The number of hydrogen-bond donors (Lipinski definition) is 1. The quantitative estimate of drug-likeness (QED) is 0.906. The van der Waals surface area contributed by atoms with Crippen LogP contribution in [0.2, 0.25) is 0 Å². The van der Waals surface area contributed by atoms with Gasteiger partial charge in [0.2, 0.25) is 0 Å². The van der Waals surface area contributed by atoms with E-state index in [0.717, 1.165) is 31.8 Å². The van der Waals surface area contributed by atoms with Crippen molar-refractivity contribution >= 4 is 5.69 Å². The molecule has 106 valence electrons. The zero-order chi connectivity index (χ0) is 13.9. The third-order valence-electron chi connectivity index (χ3n) is 3.56. The summed E-state index contributed by atoms with van der Waals surface area (Å²) in [4.78, 5) is 2.43. The molecule has 0 radical (unpaired) electrons. The summed E-state index contributed by atoms with van der Waals surface area (Å²) in [6, 6.07) is 8.36. The van der Waals surface area contributed by atoms with E-state index in [-0.39, 0.29) is 11.6 Å². The number of nitrogens with one attached hydrogen (secondary N) is 1. The van der Waals surface area contributed by atoms with Crippen molar-refractivity contribution < 1.29 is 4.74 Å². The van der Waals surface area contributed by atoms with Crippen LogP contribution in [-0.2, 0) is 0 Å². The number of rotatable bonds is 3. The molecule has 1 aliphatic rings. The minimum atomic E-state index is 0.211. The molecular weight excluding hydrogens is 236 g/mol. The Labute approximate surface area is 116 Å². The van der Waals surface area contributed by atoms with Crippen molar-refractivity contribution in [3.8, 4) is 5.75 Å². The minimum Gasteiger partial charge on any atom is -0.489 e. The highest BCUT2D eigenvalue weighted by atomic mass is 16.5. The Morgan fingerprint density at radius 2 is 1.95 bits per heavy atom. The zero-order valence-corrected chi connectivity index (χ0v) is 12.6. The van der Waals surface area contributed by atoms with Crippen molar-refractivity contribution in [2.45, 2.75) is 45.8 Å². The third kappa shape index (κ3) is 3.87. The van der Waals surface area contributed by atoms with Crippen LogP contribution in [0.4, 0.5) is 5.69 Å². The van der Waals surface area contributed by atoms with E-state index < -0.39 is 0 Å². The molecule has 0 amide bonds. The molecule has 0 aliphatic carbocycles. The molecule has 1 saturated heterocycles. The summed E-state index contributed by atoms with van der Waals surface area (Å²) >= 11 is 0. The first-order chi connectivity index (χ1) is 8.98. The predicted octanol–water partition coefficient (Wildman–Crippen LogP) is 3.05. The van der Waals surface area contributed by atoms with Gasteiger partial charge in [0.25, 0.3) is 0 Å². The summed E-state index contributed by atoms with van der Waals surface area (Å²) in [5.74, 6) is 0.997. The summed E-state index contributed by atoms with van der Waals surface area (Å²) in [5, 5.41) is 3.60. The highest BCUT2D eigenvalue weighted by molar-refractivity contribution is 5.58. The average molecular weight is 262 g/mol. The SMILES string of the molecule is CC(C)Oc1ccccc1N1CCNC(C)(C)CC1. The van der Waals surface area contributed by atoms with Crippen LogP contribution in [0.25, 0.3) is 0 Å². The van der Waals surface area contributed by atoms with Gasteiger partial charge in [-0.05, 0) is 46.2 Å². The standard InChI is InChI=1S/C16H26N2O/c1-13(2)19-15-8-6-5-7-14(15)18-11-9-16(3,4)17-10-12-18/h5-8,13,17H,9-12H2,1-4H3. The van der Waals surface area contributed by atoms with Gasteiger partial charge < -0.3 is 15.0 Å². The van der Waals surface area contributed by atoms with Gasteiger partial charge in [0, 0.05) is 25.2 Å². The predicted molar refractivity (Wildman–Crippen MR) is 81.1 cm³/mol. The first-order valence-corrected chi connectivity index (χ1v) is 7.24. The minimum absolute atomic E-state index is 0.211. The molecule has 1 aromatic carbocycles. The van der Waals surface area contributed by atoms with Gasteiger partial charge in [-0.15, -0.1) is 0 Å². The molecule has 1 aromatic rings. The average Bonchev–Trinajstić information content (AvgIpc) is 2.50. The van der Waals surface area contributed by atoms with Gasteiger partial charge in [0.15, 0.2) is 0 Å². The fourth-order valence-corrected chi connectivity index (χ4v) is 2.46. The van der Waals surface area contributed by atoms with E-state index in [0.29, 0.717) is 0 Å². The molecule has 0 spiro atoms. The molecule has 0 saturated carbocycles. The van der Waals surface area contributed by atoms with Crippen molar-refractivity contribution in [1.82, 2.24) is 5.32 Å². The molecule has 0 atom stereocenters. The van der Waals surface area contributed by atoms with Crippen LogP contribution in [0.5, 0.6) is 5.75 Å². The summed E-state index contributed by atoms with van der Waals surface area (Å²) in [6.45, 7) is 11.8. The Balaban J connectivity index is 2.17. The maximum atomic E-state index is 5.93. The Kier molecular flexibility index (Phi) is 4.35. The fourth-order valence-electron chi connectivity index (χ4n) is 2.46. The molecule has 2 rings (SSSR count). The van der Waals surface area contributed by atoms with Gasteiger partial charge in [0.05, 0.1) is 11.8 Å². The highest BCUT2D eigenvalue weighted by Gasteiger charge is 2.23. The first kappa shape index (κ1) is 14.2. The smallest absolute Gasteiger partial charge is 0.142 e. The second kappa shape index (κ2) is 5.83. The summed E-state index contributed by atoms with van der Waals surface area (Å²) < 4.78 is 5.93. The van der Waals surface area contributed by atoms with E-state index in [1.165, 1.54) is 5.69 Å². The number of nitrogens with zero attached hydrogens (tertiary/aromatic N) is 1. The number of benzene rings is 1. The van der Waals surface area contributed by atoms with Crippen LogP contribution in [0.3, 0.4) is 0 Å². The van der Waals surface area contributed by atoms with Gasteiger partial charge in [0.1, 0.15) is 5.75 Å². The molecule has 3 heteroatoms. The third-order valence-corrected chi connectivity index (χ3v) is 3.56. The van der Waals surface area contributed by atoms with Gasteiger partial charge in [-0.25, -0.2) is 0 Å². The van der Waals surface area contributed by atoms with Crippen LogP contribution >= 0.6 is 0 Å². The van der Waals surface area contributed by atoms with E-state index in [2.05, 4.69) is 56.1 Å². The second-order valence-electron chi connectivity index (χ2n) is 6.18. The summed E-state index contributed by atoms with van der Waals surface area (Å²) in [5.41, 5.74) is 1.44. The van der Waals surface area contributed by atoms with Crippen molar-refractivity contribution in [1.29, 1.82) is 0 Å². The summed E-state index contributed by atoms with van der Waals surface area (Å²) in [7, 11) is 0. The lowest BCUT2D eigenvalue weighted by Crippen LogP contribution is -2.39. The molecule has 1 aliphatic heterocycles. The van der Waals surface area contributed by atoms with Crippen molar-refractivity contribution in [3.05, 3.63) is 24.3 Å². The molecule has 0 bridgehead atoms. The number of ether oxygens (including phenoxy) is 1. The largest absolute Gasteiger partial charge is 0.489 e. The van der Waals surface area contributed by atoms with Gasteiger partial charge in [-0.1, -0.05) is 12.1 Å². The number of hydrogen-bond acceptors (Lipinski definition) is 3. The van der Waals surface area contributed by atoms with Gasteiger partial charge in [-0.2, -0.15) is 0 Å². The lowest BCUT2D eigenvalue weighted by molar-refractivity contribution is 0.243. The maximum absolute atomic E-state index is 5.93. The van der Waals surface area contributed by atoms with Gasteiger partial charge >= 0.3 is 0 Å². The first-order valence-electron chi connectivity index (χ1n) is 7.24. The van der Waals surface area contributed by atoms with Crippen LogP contribution in [-0.4, -0.2) is 31.3 Å². The van der Waals surface area contributed by atoms with Crippen LogP contribution in [0.15, 0.2) is 24.3 Å². The van der Waals surface area contributed by atoms with E-state index >= 15 is 0 Å². The Bertz CT molecular complexity index is 415. The Morgan fingerprint density at radius 1 is 1.21 bits per heavy atom. The van der Waals surface area contributed by atoms with Crippen LogP contribution in [0.1, 0.15) is 34.1 Å². The Hall–Kier alpha value is -1.22. The maximum Gasteiger partial charge on any atom is 0.142 e. The Morgan fingerprint density at radius 3 is 2.68 bits per heavy atom. The summed E-state index contributed by atoms with van der Waals surface area (Å²) in [6.07, 6.45) is 1.35.